The lowest BCUT2D eigenvalue weighted by Crippen LogP contribution is -2.35. The van der Waals surface area contributed by atoms with Crippen molar-refractivity contribution in [1.29, 1.82) is 0 Å². The second kappa shape index (κ2) is 7.78. The summed E-state index contributed by atoms with van der Waals surface area (Å²) < 4.78 is 54.1. The quantitative estimate of drug-likeness (QED) is 0.787. The van der Waals surface area contributed by atoms with E-state index in [0.717, 1.165) is 0 Å². The molecule has 0 bridgehead atoms. The largest absolute Gasteiger partial charge is 0.457 e. The SMILES string of the molecule is O=C(CNCC(F)(F)F)Nc1ccc(Oc2ccc(F)cc2)cc1. The van der Waals surface area contributed by atoms with Crippen LogP contribution in [0.3, 0.4) is 0 Å². The van der Waals surface area contributed by atoms with Gasteiger partial charge >= 0.3 is 6.18 Å². The number of rotatable bonds is 6. The highest BCUT2D eigenvalue weighted by atomic mass is 19.4. The van der Waals surface area contributed by atoms with Crippen LogP contribution in [0, 0.1) is 5.82 Å². The van der Waals surface area contributed by atoms with Crippen LogP contribution in [0.15, 0.2) is 48.5 Å². The van der Waals surface area contributed by atoms with E-state index in [1.54, 1.807) is 24.3 Å². The maximum atomic E-state index is 12.8. The number of amides is 1. The highest BCUT2D eigenvalue weighted by Crippen LogP contribution is 2.23. The Hall–Kier alpha value is -2.61. The summed E-state index contributed by atoms with van der Waals surface area (Å²) in [6, 6.07) is 11.7. The lowest BCUT2D eigenvalue weighted by atomic mass is 10.3. The van der Waals surface area contributed by atoms with E-state index in [2.05, 4.69) is 5.32 Å². The molecule has 1 amide bonds. The van der Waals surface area contributed by atoms with Gasteiger partial charge in [-0.05, 0) is 48.5 Å². The average molecular weight is 342 g/mol. The van der Waals surface area contributed by atoms with Gasteiger partial charge in [0, 0.05) is 5.69 Å². The second-order valence-corrected chi connectivity index (χ2v) is 4.85. The number of benzene rings is 2. The van der Waals surface area contributed by atoms with E-state index < -0.39 is 25.2 Å². The molecule has 24 heavy (non-hydrogen) atoms. The van der Waals surface area contributed by atoms with Crippen molar-refractivity contribution >= 4 is 11.6 Å². The van der Waals surface area contributed by atoms with E-state index >= 15 is 0 Å². The Morgan fingerprint density at radius 1 is 0.958 bits per heavy atom. The smallest absolute Gasteiger partial charge is 0.401 e. The van der Waals surface area contributed by atoms with Crippen molar-refractivity contribution in [2.45, 2.75) is 6.18 Å². The molecule has 0 saturated carbocycles. The van der Waals surface area contributed by atoms with E-state index in [1.807, 2.05) is 5.32 Å². The molecule has 0 aromatic heterocycles. The Balaban J connectivity index is 1.83. The molecule has 0 aliphatic carbocycles. The molecule has 0 aliphatic heterocycles. The van der Waals surface area contributed by atoms with Crippen LogP contribution in [0.25, 0.3) is 0 Å². The Bertz CT molecular complexity index is 670. The molecular formula is C16H14F4N2O2. The lowest BCUT2D eigenvalue weighted by molar-refractivity contribution is -0.126. The normalized spacial score (nSPS) is 11.2. The Morgan fingerprint density at radius 2 is 1.50 bits per heavy atom. The van der Waals surface area contributed by atoms with Crippen molar-refractivity contribution in [2.24, 2.45) is 0 Å². The maximum Gasteiger partial charge on any atom is 0.401 e. The minimum atomic E-state index is -4.36. The topological polar surface area (TPSA) is 50.4 Å². The molecule has 0 heterocycles. The molecule has 0 atom stereocenters. The fraction of sp³-hybridized carbons (Fsp3) is 0.188. The van der Waals surface area contributed by atoms with Gasteiger partial charge in [-0.15, -0.1) is 0 Å². The van der Waals surface area contributed by atoms with Crippen molar-refractivity contribution in [3.05, 3.63) is 54.3 Å². The number of nitrogens with one attached hydrogen (secondary N) is 2. The molecule has 0 fully saturated rings. The van der Waals surface area contributed by atoms with Crippen LogP contribution in [0.4, 0.5) is 23.2 Å². The first-order valence-corrected chi connectivity index (χ1v) is 6.93. The van der Waals surface area contributed by atoms with Gasteiger partial charge in [0.15, 0.2) is 0 Å². The van der Waals surface area contributed by atoms with E-state index in [0.29, 0.717) is 17.2 Å². The first-order chi connectivity index (χ1) is 11.3. The molecule has 8 heteroatoms. The van der Waals surface area contributed by atoms with Gasteiger partial charge in [0.05, 0.1) is 13.1 Å². The van der Waals surface area contributed by atoms with Crippen molar-refractivity contribution in [3.63, 3.8) is 0 Å². The Morgan fingerprint density at radius 3 is 2.04 bits per heavy atom. The van der Waals surface area contributed by atoms with Crippen LogP contribution < -0.4 is 15.4 Å². The van der Waals surface area contributed by atoms with E-state index in [4.69, 9.17) is 4.74 Å². The molecule has 0 saturated heterocycles. The first kappa shape index (κ1) is 17.7. The van der Waals surface area contributed by atoms with Crippen molar-refractivity contribution < 1.29 is 27.1 Å². The summed E-state index contributed by atoms with van der Waals surface area (Å²) in [5, 5.41) is 4.45. The van der Waals surface area contributed by atoms with Gasteiger partial charge in [-0.1, -0.05) is 0 Å². The van der Waals surface area contributed by atoms with Crippen LogP contribution in [-0.4, -0.2) is 25.2 Å². The molecule has 2 aromatic rings. The maximum absolute atomic E-state index is 12.8. The van der Waals surface area contributed by atoms with Crippen LogP contribution in [0.5, 0.6) is 11.5 Å². The van der Waals surface area contributed by atoms with Gasteiger partial charge in [0.25, 0.3) is 0 Å². The van der Waals surface area contributed by atoms with Crippen LogP contribution >= 0.6 is 0 Å². The number of halogens is 4. The molecule has 2 aromatic carbocycles. The third-order valence-electron chi connectivity index (χ3n) is 2.80. The molecule has 0 radical (unpaired) electrons. The van der Waals surface area contributed by atoms with Gasteiger partial charge in [-0.25, -0.2) is 4.39 Å². The summed E-state index contributed by atoms with van der Waals surface area (Å²) in [7, 11) is 0. The van der Waals surface area contributed by atoms with Crippen molar-refractivity contribution in [3.8, 4) is 11.5 Å². The number of hydrogen-bond donors (Lipinski definition) is 2. The summed E-state index contributed by atoms with van der Waals surface area (Å²) in [4.78, 5) is 11.5. The zero-order valence-corrected chi connectivity index (χ0v) is 12.4. The Kier molecular flexibility index (Phi) is 5.75. The molecule has 2 rings (SSSR count). The monoisotopic (exact) mass is 342 g/mol. The Labute approximate surface area is 135 Å². The third kappa shape index (κ3) is 6.25. The third-order valence-corrected chi connectivity index (χ3v) is 2.80. The van der Waals surface area contributed by atoms with Gasteiger partial charge in [0.2, 0.25) is 5.91 Å². The summed E-state index contributed by atoms with van der Waals surface area (Å²) in [6.07, 6.45) is -4.36. The molecule has 4 nitrogen and oxygen atoms in total. The number of anilines is 1. The number of alkyl halides is 3. The minimum absolute atomic E-state index is 0.375. The van der Waals surface area contributed by atoms with Crippen LogP contribution in [0.2, 0.25) is 0 Å². The highest BCUT2D eigenvalue weighted by molar-refractivity contribution is 5.92. The van der Waals surface area contributed by atoms with Gasteiger partial charge < -0.3 is 15.4 Å². The average Bonchev–Trinajstić information content (AvgIpc) is 2.50. The van der Waals surface area contributed by atoms with Gasteiger partial charge in [-0.3, -0.25) is 4.79 Å². The highest BCUT2D eigenvalue weighted by Gasteiger charge is 2.26. The zero-order valence-electron chi connectivity index (χ0n) is 12.4. The van der Waals surface area contributed by atoms with E-state index in [9.17, 15) is 22.4 Å². The van der Waals surface area contributed by atoms with Gasteiger partial charge in [-0.2, -0.15) is 13.2 Å². The number of hydrogen-bond acceptors (Lipinski definition) is 3. The predicted molar refractivity (Wildman–Crippen MR) is 80.5 cm³/mol. The first-order valence-electron chi connectivity index (χ1n) is 6.93. The summed E-state index contributed by atoms with van der Waals surface area (Å²) in [5.74, 6) is -0.0506. The van der Waals surface area contributed by atoms with E-state index in [1.165, 1.54) is 24.3 Å². The molecule has 128 valence electrons. The fourth-order valence-electron chi connectivity index (χ4n) is 1.77. The molecule has 2 N–H and O–H groups in total. The lowest BCUT2D eigenvalue weighted by Gasteiger charge is -2.10. The zero-order chi connectivity index (χ0) is 17.6. The number of carbonyl (C=O) groups is 1. The van der Waals surface area contributed by atoms with Crippen molar-refractivity contribution in [2.75, 3.05) is 18.4 Å². The fourth-order valence-corrected chi connectivity index (χ4v) is 1.77. The number of ether oxygens (including phenoxy) is 1. The second-order valence-electron chi connectivity index (χ2n) is 4.85. The molecule has 0 spiro atoms. The molecule has 0 unspecified atom stereocenters. The molecular weight excluding hydrogens is 328 g/mol. The van der Waals surface area contributed by atoms with Crippen LogP contribution in [-0.2, 0) is 4.79 Å². The van der Waals surface area contributed by atoms with Gasteiger partial charge in [0.1, 0.15) is 17.3 Å². The summed E-state index contributed by atoms with van der Waals surface area (Å²) in [5.41, 5.74) is 0.417. The predicted octanol–water partition coefficient (Wildman–Crippen LogP) is 3.71. The summed E-state index contributed by atoms with van der Waals surface area (Å²) in [6.45, 7) is -1.68. The van der Waals surface area contributed by atoms with Crippen LogP contribution in [0.1, 0.15) is 0 Å². The summed E-state index contributed by atoms with van der Waals surface area (Å²) >= 11 is 0. The molecule has 0 aliphatic rings. The van der Waals surface area contributed by atoms with E-state index in [-0.39, 0.29) is 5.82 Å². The van der Waals surface area contributed by atoms with Crippen molar-refractivity contribution in [1.82, 2.24) is 5.32 Å². The standard InChI is InChI=1S/C16H14F4N2O2/c17-11-1-5-13(6-2-11)24-14-7-3-12(4-8-14)22-15(23)9-21-10-16(18,19)20/h1-8,21H,9-10H2,(H,22,23). The minimum Gasteiger partial charge on any atom is -0.457 e. The number of carbonyl (C=O) groups excluding carboxylic acids is 1.